The summed E-state index contributed by atoms with van der Waals surface area (Å²) in [5.41, 5.74) is 6.12. The lowest BCUT2D eigenvalue weighted by atomic mass is 9.92. The first-order valence-electron chi connectivity index (χ1n) is 14.7. The SMILES string of the molecule is Cc1ccc2c(c1)Cc1c(cnn1C)CN2C(=O)c1ccc(CCC(=O)N2CCN(CCC(C)(C)C)CC2)c(F)c1. The summed E-state index contributed by atoms with van der Waals surface area (Å²) in [5.74, 6) is -0.641. The number of hydrogen-bond donors (Lipinski definition) is 0. The Morgan fingerprint density at radius 3 is 2.46 bits per heavy atom. The second kappa shape index (κ2) is 11.8. The molecule has 3 aromatic rings. The molecule has 0 spiro atoms. The molecule has 218 valence electrons. The number of aryl methyl sites for hydroxylation is 3. The normalized spacial score (nSPS) is 15.9. The predicted molar refractivity (Wildman–Crippen MR) is 160 cm³/mol. The molecule has 0 unspecified atom stereocenters. The largest absolute Gasteiger partial charge is 0.340 e. The van der Waals surface area contributed by atoms with Crippen molar-refractivity contribution in [2.75, 3.05) is 37.6 Å². The number of hydrogen-bond acceptors (Lipinski definition) is 4. The molecule has 0 bridgehead atoms. The van der Waals surface area contributed by atoms with E-state index >= 15 is 4.39 Å². The topological polar surface area (TPSA) is 61.7 Å². The minimum Gasteiger partial charge on any atom is -0.340 e. The van der Waals surface area contributed by atoms with Gasteiger partial charge in [0.1, 0.15) is 5.82 Å². The number of halogens is 1. The van der Waals surface area contributed by atoms with E-state index in [1.165, 1.54) is 6.07 Å². The van der Waals surface area contributed by atoms with Crippen molar-refractivity contribution in [2.24, 2.45) is 12.5 Å². The summed E-state index contributed by atoms with van der Waals surface area (Å²) in [4.78, 5) is 32.7. The lowest BCUT2D eigenvalue weighted by Crippen LogP contribution is -2.49. The van der Waals surface area contributed by atoms with Gasteiger partial charge in [-0.2, -0.15) is 5.10 Å². The standard InChI is InChI=1S/C33H42FN5O2/c1-23-6-10-29-26(18-23)20-30-27(21-35-36(30)5)22-39(29)32(41)25-8-7-24(28(34)19-25)9-11-31(40)38-16-14-37(15-17-38)13-12-33(2,3)4/h6-8,10,18-19,21H,9,11-17,20,22H2,1-5H3. The maximum absolute atomic E-state index is 15.3. The number of nitrogens with zero attached hydrogens (tertiary/aromatic N) is 5. The highest BCUT2D eigenvalue weighted by Gasteiger charge is 2.28. The highest BCUT2D eigenvalue weighted by molar-refractivity contribution is 6.06. The molecule has 1 aromatic heterocycles. The molecule has 2 aromatic carbocycles. The average Bonchev–Trinajstić information content (AvgIpc) is 3.18. The molecule has 41 heavy (non-hydrogen) atoms. The van der Waals surface area contributed by atoms with Gasteiger partial charge in [-0.05, 0) is 61.1 Å². The molecule has 3 heterocycles. The fourth-order valence-corrected chi connectivity index (χ4v) is 5.76. The van der Waals surface area contributed by atoms with Crippen LogP contribution in [0.2, 0.25) is 0 Å². The molecule has 8 heteroatoms. The van der Waals surface area contributed by atoms with Crippen molar-refractivity contribution in [2.45, 2.75) is 59.9 Å². The van der Waals surface area contributed by atoms with Crippen LogP contribution in [0, 0.1) is 18.2 Å². The molecule has 2 aliphatic heterocycles. The van der Waals surface area contributed by atoms with E-state index < -0.39 is 5.82 Å². The zero-order valence-electron chi connectivity index (χ0n) is 25.0. The number of carbonyl (C=O) groups is 2. The Morgan fingerprint density at radius 1 is 1.00 bits per heavy atom. The van der Waals surface area contributed by atoms with Crippen molar-refractivity contribution in [1.82, 2.24) is 19.6 Å². The molecular formula is C33H42FN5O2. The van der Waals surface area contributed by atoms with E-state index in [1.54, 1.807) is 23.2 Å². The summed E-state index contributed by atoms with van der Waals surface area (Å²) in [6, 6.07) is 10.7. The van der Waals surface area contributed by atoms with Gasteiger partial charge in [0.05, 0.1) is 12.7 Å². The van der Waals surface area contributed by atoms with Crippen LogP contribution in [-0.4, -0.2) is 64.1 Å². The van der Waals surface area contributed by atoms with Crippen LogP contribution in [0.15, 0.2) is 42.6 Å². The first-order chi connectivity index (χ1) is 19.5. The molecule has 7 nitrogen and oxygen atoms in total. The van der Waals surface area contributed by atoms with Crippen molar-refractivity contribution in [3.63, 3.8) is 0 Å². The van der Waals surface area contributed by atoms with Crippen molar-refractivity contribution in [3.8, 4) is 0 Å². The zero-order valence-corrected chi connectivity index (χ0v) is 25.0. The lowest BCUT2D eigenvalue weighted by Gasteiger charge is -2.36. The number of carbonyl (C=O) groups excluding carboxylic acids is 2. The predicted octanol–water partition coefficient (Wildman–Crippen LogP) is 5.13. The van der Waals surface area contributed by atoms with Crippen molar-refractivity contribution in [1.29, 1.82) is 0 Å². The molecule has 0 atom stereocenters. The van der Waals surface area contributed by atoms with Crippen LogP contribution in [0.3, 0.4) is 0 Å². The fraction of sp³-hybridized carbons (Fsp3) is 0.485. The van der Waals surface area contributed by atoms with E-state index in [0.29, 0.717) is 49.0 Å². The van der Waals surface area contributed by atoms with Crippen LogP contribution in [-0.2, 0) is 31.2 Å². The maximum atomic E-state index is 15.3. The van der Waals surface area contributed by atoms with Crippen LogP contribution >= 0.6 is 0 Å². The zero-order chi connectivity index (χ0) is 29.3. The monoisotopic (exact) mass is 559 g/mol. The van der Waals surface area contributed by atoms with Gasteiger partial charge in [-0.1, -0.05) is 44.5 Å². The summed E-state index contributed by atoms with van der Waals surface area (Å²) in [6.45, 7) is 13.4. The summed E-state index contributed by atoms with van der Waals surface area (Å²) in [6.07, 6.45) is 4.19. The minimum atomic E-state index is -0.448. The smallest absolute Gasteiger partial charge is 0.258 e. The maximum Gasteiger partial charge on any atom is 0.258 e. The van der Waals surface area contributed by atoms with E-state index in [1.807, 2.05) is 35.7 Å². The van der Waals surface area contributed by atoms with Crippen LogP contribution in [0.4, 0.5) is 10.1 Å². The number of anilines is 1. The van der Waals surface area contributed by atoms with Crippen LogP contribution in [0.5, 0.6) is 0 Å². The van der Waals surface area contributed by atoms with Crippen molar-refractivity contribution in [3.05, 3.63) is 81.9 Å². The molecule has 2 amide bonds. The Kier molecular flexibility index (Phi) is 8.32. The van der Waals surface area contributed by atoms with Gasteiger partial charge >= 0.3 is 0 Å². The van der Waals surface area contributed by atoms with E-state index in [0.717, 1.165) is 54.1 Å². The number of amides is 2. The Labute approximate surface area is 242 Å². The number of aromatic nitrogens is 2. The second-order valence-electron chi connectivity index (χ2n) is 12.8. The lowest BCUT2D eigenvalue weighted by molar-refractivity contribution is -0.132. The molecule has 5 rings (SSSR count). The van der Waals surface area contributed by atoms with Gasteiger partial charge < -0.3 is 9.80 Å². The highest BCUT2D eigenvalue weighted by Crippen LogP contribution is 2.32. The van der Waals surface area contributed by atoms with Crippen LogP contribution < -0.4 is 4.90 Å². The van der Waals surface area contributed by atoms with Gasteiger partial charge in [0.15, 0.2) is 0 Å². The third-order valence-electron chi connectivity index (χ3n) is 8.42. The van der Waals surface area contributed by atoms with Crippen LogP contribution in [0.1, 0.15) is 71.9 Å². The van der Waals surface area contributed by atoms with Gasteiger partial charge in [0, 0.05) is 68.6 Å². The highest BCUT2D eigenvalue weighted by atomic mass is 19.1. The molecule has 1 fully saturated rings. The first-order valence-corrected chi connectivity index (χ1v) is 14.7. The van der Waals surface area contributed by atoms with E-state index in [-0.39, 0.29) is 18.2 Å². The molecule has 2 aliphatic rings. The number of benzene rings is 2. The van der Waals surface area contributed by atoms with Gasteiger partial charge in [-0.15, -0.1) is 0 Å². The number of piperazine rings is 1. The number of rotatable bonds is 6. The van der Waals surface area contributed by atoms with Gasteiger partial charge in [-0.25, -0.2) is 4.39 Å². The summed E-state index contributed by atoms with van der Waals surface area (Å²) >= 11 is 0. The Morgan fingerprint density at radius 2 is 1.76 bits per heavy atom. The molecule has 1 saturated heterocycles. The van der Waals surface area contributed by atoms with E-state index in [4.69, 9.17) is 0 Å². The Bertz CT molecular complexity index is 1430. The summed E-state index contributed by atoms with van der Waals surface area (Å²) in [5, 5.41) is 4.40. The molecule has 0 radical (unpaired) electrons. The Balaban J connectivity index is 1.23. The van der Waals surface area contributed by atoms with E-state index in [9.17, 15) is 9.59 Å². The first kappa shape index (κ1) is 29.0. The third kappa shape index (κ3) is 6.70. The second-order valence-corrected chi connectivity index (χ2v) is 12.8. The summed E-state index contributed by atoms with van der Waals surface area (Å²) < 4.78 is 17.1. The van der Waals surface area contributed by atoms with Gasteiger partial charge in [0.2, 0.25) is 5.91 Å². The summed E-state index contributed by atoms with van der Waals surface area (Å²) in [7, 11) is 1.92. The fourth-order valence-electron chi connectivity index (χ4n) is 5.76. The minimum absolute atomic E-state index is 0.0590. The van der Waals surface area contributed by atoms with Crippen molar-refractivity contribution >= 4 is 17.5 Å². The van der Waals surface area contributed by atoms with Gasteiger partial charge in [0.25, 0.3) is 5.91 Å². The average molecular weight is 560 g/mol. The van der Waals surface area contributed by atoms with Crippen LogP contribution in [0.25, 0.3) is 0 Å². The Hall–Kier alpha value is -3.52. The molecule has 0 saturated carbocycles. The van der Waals surface area contributed by atoms with Gasteiger partial charge in [-0.3, -0.25) is 19.2 Å². The number of fused-ring (bicyclic) bond motifs is 2. The quantitative estimate of drug-likeness (QED) is 0.420. The van der Waals surface area contributed by atoms with Crippen molar-refractivity contribution < 1.29 is 14.0 Å². The molecule has 0 aliphatic carbocycles. The third-order valence-corrected chi connectivity index (χ3v) is 8.42. The molecule has 0 N–H and O–H groups in total. The molecular weight excluding hydrogens is 517 g/mol. The van der Waals surface area contributed by atoms with E-state index in [2.05, 4.69) is 36.8 Å².